The lowest BCUT2D eigenvalue weighted by atomic mass is 9.95. The van der Waals surface area contributed by atoms with E-state index in [4.69, 9.17) is 15.0 Å². The molecule has 0 aliphatic carbocycles. The van der Waals surface area contributed by atoms with E-state index in [-0.39, 0.29) is 12.1 Å². The average molecular weight is 702 g/mol. The topological polar surface area (TPSA) is 62.2 Å². The molecule has 0 spiro atoms. The number of benzene rings is 3. The normalized spacial score (nSPS) is 16.6. The minimum atomic E-state index is -0.0859. The van der Waals surface area contributed by atoms with Crippen LogP contribution >= 0.6 is 0 Å². The molecule has 0 bridgehead atoms. The van der Waals surface area contributed by atoms with E-state index in [1.54, 1.807) is 0 Å². The third kappa shape index (κ3) is 9.21. The molecule has 5 aromatic rings. The number of aliphatic imine (C=N–C) groups is 1. The Balaban J connectivity index is 1.22. The molecule has 272 valence electrons. The molecule has 1 aliphatic rings. The fourth-order valence-electron chi connectivity index (χ4n) is 6.61. The number of hydrogen-bond donors (Lipinski definition) is 2. The van der Waals surface area contributed by atoms with E-state index in [0.717, 1.165) is 53.0 Å². The Morgan fingerprint density at radius 2 is 1.08 bits per heavy atom. The maximum atomic E-state index is 5.22. The van der Waals surface area contributed by atoms with Gasteiger partial charge in [0.15, 0.2) is 5.84 Å². The zero-order valence-electron chi connectivity index (χ0n) is 32.5. The molecule has 4 unspecified atom stereocenters. The van der Waals surface area contributed by atoms with E-state index in [1.807, 2.05) is 18.5 Å². The van der Waals surface area contributed by atoms with Crippen LogP contribution in [0.25, 0.3) is 27.8 Å². The Labute approximate surface area is 317 Å². The number of anilines is 1. The summed E-state index contributed by atoms with van der Waals surface area (Å²) in [5.41, 5.74) is 11.7. The molecule has 2 N–H and O–H groups in total. The average Bonchev–Trinajstić information content (AvgIpc) is 3.23. The summed E-state index contributed by atoms with van der Waals surface area (Å²) in [5, 5.41) is 7.13. The Kier molecular flexibility index (Phi) is 12.4. The van der Waals surface area contributed by atoms with Gasteiger partial charge in [-0.25, -0.2) is 4.98 Å². The molecule has 0 amide bonds. The van der Waals surface area contributed by atoms with Gasteiger partial charge in [-0.2, -0.15) is 0 Å². The fraction of sp³-hybridized carbons (Fsp3) is 0.312. The first kappa shape index (κ1) is 37.5. The van der Waals surface area contributed by atoms with Gasteiger partial charge < -0.3 is 10.6 Å². The largest absolute Gasteiger partial charge is 0.382 e. The lowest BCUT2D eigenvalue weighted by Gasteiger charge is -2.23. The van der Waals surface area contributed by atoms with Crippen LogP contribution in [-0.4, -0.2) is 27.9 Å². The van der Waals surface area contributed by atoms with Crippen molar-refractivity contribution in [1.29, 1.82) is 0 Å². The van der Waals surface area contributed by atoms with Gasteiger partial charge in [-0.15, -0.1) is 0 Å². The van der Waals surface area contributed by atoms with Crippen LogP contribution in [0.1, 0.15) is 113 Å². The number of amidine groups is 1. The molecule has 3 heterocycles. The van der Waals surface area contributed by atoms with Gasteiger partial charge in [0, 0.05) is 29.7 Å². The molecule has 0 saturated carbocycles. The molecular formula is C48H55N5. The molecule has 5 atom stereocenters. The third-order valence-electron chi connectivity index (χ3n) is 11.1. The van der Waals surface area contributed by atoms with Gasteiger partial charge in [-0.1, -0.05) is 133 Å². The summed E-state index contributed by atoms with van der Waals surface area (Å²) in [6.45, 7) is 15.6. The number of aromatic nitrogens is 2. The smallest absolute Gasteiger partial charge is 0.153 e. The van der Waals surface area contributed by atoms with Crippen LogP contribution in [0, 0.1) is 0 Å². The Bertz CT molecular complexity index is 2010. The van der Waals surface area contributed by atoms with Crippen molar-refractivity contribution >= 4 is 17.2 Å². The van der Waals surface area contributed by atoms with Crippen molar-refractivity contribution in [2.45, 2.75) is 97.6 Å². The number of allylic oxidation sites excluding steroid dienone is 2. The minimum absolute atomic E-state index is 0.0203. The summed E-state index contributed by atoms with van der Waals surface area (Å²) in [6, 6.07) is 34.9. The monoisotopic (exact) mass is 701 g/mol. The molecule has 6 rings (SSSR count). The van der Waals surface area contributed by atoms with Crippen molar-refractivity contribution in [3.8, 4) is 22.3 Å². The van der Waals surface area contributed by atoms with Crippen molar-refractivity contribution in [3.63, 3.8) is 0 Å². The Morgan fingerprint density at radius 1 is 0.604 bits per heavy atom. The van der Waals surface area contributed by atoms with Crippen molar-refractivity contribution in [1.82, 2.24) is 15.3 Å². The second kappa shape index (κ2) is 17.5. The molecule has 0 saturated heterocycles. The quantitative estimate of drug-likeness (QED) is 0.0947. The van der Waals surface area contributed by atoms with Crippen LogP contribution in [0.3, 0.4) is 0 Å². The predicted octanol–water partition coefficient (Wildman–Crippen LogP) is 12.2. The highest BCUT2D eigenvalue weighted by Gasteiger charge is 2.19. The Hall–Kier alpha value is -5.29. The van der Waals surface area contributed by atoms with Crippen LogP contribution in [0.15, 0.2) is 133 Å². The second-order valence-electron chi connectivity index (χ2n) is 14.7. The van der Waals surface area contributed by atoms with Gasteiger partial charge in [-0.3, -0.25) is 9.98 Å². The molecule has 2 aromatic heterocycles. The van der Waals surface area contributed by atoms with Crippen molar-refractivity contribution in [3.05, 3.63) is 156 Å². The first-order valence-electron chi connectivity index (χ1n) is 19.5. The molecule has 0 radical (unpaired) electrons. The van der Waals surface area contributed by atoms with E-state index in [0.29, 0.717) is 23.6 Å². The number of hydrogen-bond acceptors (Lipinski definition) is 4. The Morgan fingerprint density at radius 3 is 1.49 bits per heavy atom. The van der Waals surface area contributed by atoms with Crippen LogP contribution in [0.2, 0.25) is 0 Å². The van der Waals surface area contributed by atoms with Gasteiger partial charge in [0.1, 0.15) is 11.5 Å². The standard InChI is InChI=1S/C48H55N5/c1-8-32(4)36-11-17-39(18-12-36)42-23-26-45(49-29-42)35(7)52-48(46-27-24-43(30-50-46)40-19-13-37(14-20-40)33(5)9-2)53-47-28-25-44(31-51-47)41-21-15-38(16-22-41)34(6)10-3/h11-35,45,49H,8-10H2,1-7H3,(H,51,52,53)/t32?,33?,34?,35-,45?/m1/s1. The molecule has 1 aliphatic heterocycles. The first-order chi connectivity index (χ1) is 25.8. The highest BCUT2D eigenvalue weighted by molar-refractivity contribution is 6.06. The third-order valence-corrected chi connectivity index (χ3v) is 11.1. The second-order valence-corrected chi connectivity index (χ2v) is 14.7. The molecular weight excluding hydrogens is 647 g/mol. The number of pyridine rings is 2. The van der Waals surface area contributed by atoms with Crippen molar-refractivity contribution in [2.75, 3.05) is 5.32 Å². The molecule has 0 fully saturated rings. The summed E-state index contributed by atoms with van der Waals surface area (Å²) in [6.07, 6.45) is 13.8. The van der Waals surface area contributed by atoms with Crippen LogP contribution in [0.4, 0.5) is 5.82 Å². The highest BCUT2D eigenvalue weighted by Crippen LogP contribution is 2.27. The van der Waals surface area contributed by atoms with E-state index >= 15 is 0 Å². The first-order valence-corrected chi connectivity index (χ1v) is 19.5. The maximum Gasteiger partial charge on any atom is 0.153 e. The van der Waals surface area contributed by atoms with Crippen LogP contribution < -0.4 is 10.6 Å². The predicted molar refractivity (Wildman–Crippen MR) is 226 cm³/mol. The summed E-state index contributed by atoms with van der Waals surface area (Å²) in [4.78, 5) is 15.0. The zero-order chi connectivity index (χ0) is 37.3. The number of nitrogens with one attached hydrogen (secondary N) is 2. The number of dihydropyridines is 1. The van der Waals surface area contributed by atoms with E-state index in [2.05, 4.69) is 168 Å². The number of rotatable bonds is 13. The summed E-state index contributed by atoms with van der Waals surface area (Å²) < 4.78 is 0. The van der Waals surface area contributed by atoms with E-state index in [9.17, 15) is 0 Å². The molecule has 3 aromatic carbocycles. The number of nitrogens with zero attached hydrogens (tertiary/aromatic N) is 3. The van der Waals surface area contributed by atoms with Gasteiger partial charge in [-0.05, 0) is 101 Å². The van der Waals surface area contributed by atoms with Gasteiger partial charge in [0.05, 0.1) is 12.1 Å². The maximum absolute atomic E-state index is 5.22. The lowest BCUT2D eigenvalue weighted by Crippen LogP contribution is -2.35. The molecule has 5 heteroatoms. The van der Waals surface area contributed by atoms with Crippen LogP contribution in [0.5, 0.6) is 0 Å². The van der Waals surface area contributed by atoms with Gasteiger partial charge >= 0.3 is 0 Å². The van der Waals surface area contributed by atoms with Crippen molar-refractivity contribution in [2.24, 2.45) is 4.99 Å². The van der Waals surface area contributed by atoms with Gasteiger partial charge in [0.2, 0.25) is 0 Å². The zero-order valence-corrected chi connectivity index (χ0v) is 32.5. The molecule has 53 heavy (non-hydrogen) atoms. The lowest BCUT2D eigenvalue weighted by molar-refractivity contribution is 0.582. The van der Waals surface area contributed by atoms with Crippen LogP contribution in [-0.2, 0) is 0 Å². The summed E-state index contributed by atoms with van der Waals surface area (Å²) >= 11 is 0. The summed E-state index contributed by atoms with van der Waals surface area (Å²) in [5.74, 6) is 3.06. The minimum Gasteiger partial charge on any atom is -0.382 e. The van der Waals surface area contributed by atoms with E-state index in [1.165, 1.54) is 27.8 Å². The molecule has 5 nitrogen and oxygen atoms in total. The summed E-state index contributed by atoms with van der Waals surface area (Å²) in [7, 11) is 0. The van der Waals surface area contributed by atoms with Gasteiger partial charge in [0.25, 0.3) is 0 Å². The fourth-order valence-corrected chi connectivity index (χ4v) is 6.61. The van der Waals surface area contributed by atoms with E-state index < -0.39 is 0 Å². The highest BCUT2D eigenvalue weighted by atomic mass is 15.1. The SMILES string of the molecule is CCC(C)c1ccc(C2=CNC([C@@H](C)N=C(Nc3ccc(-c4ccc(C(C)CC)cc4)cn3)c3ccc(-c4ccc(C(C)CC)cc4)cn3)C=C2)cc1. The van der Waals surface area contributed by atoms with Crippen molar-refractivity contribution < 1.29 is 0 Å².